The van der Waals surface area contributed by atoms with Crippen molar-refractivity contribution >= 4 is 26.3 Å². The van der Waals surface area contributed by atoms with Crippen LogP contribution in [-0.4, -0.2) is 76.4 Å². The maximum Gasteiger partial charge on any atom is 0.387 e. The minimum atomic E-state index is -3.32. The Hall–Kier alpha value is -2.35. The molecule has 1 atom stereocenters. The molecule has 2 aromatic heterocycles. The van der Waals surface area contributed by atoms with Crippen LogP contribution in [0.2, 0.25) is 0 Å². The highest BCUT2D eigenvalue weighted by atomic mass is 32.2. The molecule has 0 bridgehead atoms. The lowest BCUT2D eigenvalue weighted by Crippen LogP contribution is -2.49. The first-order valence-electron chi connectivity index (χ1n) is 9.42. The molecular weight excluding hydrogens is 452 g/mol. The number of fused-ring (bicyclic) bond motifs is 1. The van der Waals surface area contributed by atoms with Crippen molar-refractivity contribution in [2.75, 3.05) is 32.4 Å². The van der Waals surface area contributed by atoms with Crippen molar-refractivity contribution in [1.29, 1.82) is 0 Å². The number of aryl methyl sites for hydroxylation is 1. The molecule has 4 rings (SSSR count). The molecule has 0 radical (unpaired) electrons. The number of benzene rings is 1. The Bertz CT molecular complexity index is 1190. The van der Waals surface area contributed by atoms with Crippen LogP contribution < -0.4 is 4.74 Å². The molecular formula is C18H21F2N5O4S2. The van der Waals surface area contributed by atoms with Gasteiger partial charge in [-0.25, -0.2) is 13.4 Å². The summed E-state index contributed by atoms with van der Waals surface area (Å²) in [4.78, 5) is 7.34. The fourth-order valence-electron chi connectivity index (χ4n) is 3.71. The summed E-state index contributed by atoms with van der Waals surface area (Å²) >= 11 is 1.24. The van der Waals surface area contributed by atoms with Crippen LogP contribution in [0, 0.1) is 6.92 Å². The monoisotopic (exact) mass is 473 g/mol. The Labute approximate surface area is 181 Å². The quantitative estimate of drug-likeness (QED) is 0.585. The second-order valence-electron chi connectivity index (χ2n) is 7.19. The van der Waals surface area contributed by atoms with Crippen molar-refractivity contribution in [2.24, 2.45) is 0 Å². The van der Waals surface area contributed by atoms with Gasteiger partial charge in [-0.3, -0.25) is 4.90 Å². The fraction of sp³-hybridized carbons (Fsp3) is 0.444. The third-order valence-corrected chi connectivity index (χ3v) is 7.44. The van der Waals surface area contributed by atoms with Gasteiger partial charge in [0.25, 0.3) is 0 Å². The van der Waals surface area contributed by atoms with E-state index in [4.69, 9.17) is 0 Å². The van der Waals surface area contributed by atoms with Crippen molar-refractivity contribution in [3.05, 3.63) is 40.5 Å². The Morgan fingerprint density at radius 2 is 1.94 bits per heavy atom. The zero-order chi connectivity index (χ0) is 22.3. The number of sulfonamides is 1. The van der Waals surface area contributed by atoms with Crippen LogP contribution in [0.25, 0.3) is 4.96 Å². The van der Waals surface area contributed by atoms with Gasteiger partial charge in [0.15, 0.2) is 0 Å². The number of thiazole rings is 1. The maximum atomic E-state index is 12.7. The Morgan fingerprint density at radius 3 is 2.55 bits per heavy atom. The highest BCUT2D eigenvalue weighted by Crippen LogP contribution is 2.41. The molecule has 0 spiro atoms. The van der Waals surface area contributed by atoms with E-state index in [-0.39, 0.29) is 24.7 Å². The highest BCUT2D eigenvalue weighted by molar-refractivity contribution is 7.88. The summed E-state index contributed by atoms with van der Waals surface area (Å²) in [5, 5.41) is 15.0. The third-order valence-electron chi connectivity index (χ3n) is 5.06. The lowest BCUT2D eigenvalue weighted by Gasteiger charge is -2.38. The van der Waals surface area contributed by atoms with Crippen LogP contribution in [0.5, 0.6) is 11.6 Å². The van der Waals surface area contributed by atoms with Gasteiger partial charge < -0.3 is 9.84 Å². The van der Waals surface area contributed by atoms with E-state index in [1.165, 1.54) is 38.5 Å². The molecule has 1 aliphatic rings. The molecule has 1 saturated heterocycles. The molecule has 1 N–H and O–H groups in total. The van der Waals surface area contributed by atoms with Crippen molar-refractivity contribution in [2.45, 2.75) is 19.6 Å². The minimum Gasteiger partial charge on any atom is -0.492 e. The summed E-state index contributed by atoms with van der Waals surface area (Å²) in [6, 6.07) is 5.77. The molecule has 0 amide bonds. The number of halogens is 2. The summed E-state index contributed by atoms with van der Waals surface area (Å²) in [6.45, 7) is 0.101. The molecule has 1 fully saturated rings. The number of aromatic nitrogens is 3. The van der Waals surface area contributed by atoms with Crippen LogP contribution in [-0.2, 0) is 10.0 Å². The van der Waals surface area contributed by atoms with Gasteiger partial charge in [0.1, 0.15) is 11.6 Å². The first-order valence-corrected chi connectivity index (χ1v) is 12.1. The number of nitrogens with zero attached hydrogens (tertiary/aromatic N) is 5. The third kappa shape index (κ3) is 4.49. The molecule has 1 aromatic carbocycles. The van der Waals surface area contributed by atoms with Crippen LogP contribution >= 0.6 is 11.3 Å². The SMILES string of the molecule is Cc1nc2sc([C@H](c3cccc(OC(F)F)c3)N3CCN(S(C)(=O)=O)CC3)c(O)n2n1. The van der Waals surface area contributed by atoms with E-state index in [0.717, 1.165) is 0 Å². The first-order chi connectivity index (χ1) is 14.6. The van der Waals surface area contributed by atoms with Crippen LogP contribution in [0.3, 0.4) is 0 Å². The molecule has 13 heteroatoms. The summed E-state index contributed by atoms with van der Waals surface area (Å²) < 4.78 is 56.5. The predicted octanol–water partition coefficient (Wildman–Crippen LogP) is 2.07. The van der Waals surface area contributed by atoms with E-state index in [1.807, 2.05) is 4.90 Å². The van der Waals surface area contributed by atoms with Gasteiger partial charge in [-0.05, 0) is 24.6 Å². The van der Waals surface area contributed by atoms with Crippen LogP contribution in [0.1, 0.15) is 22.3 Å². The van der Waals surface area contributed by atoms with E-state index in [1.54, 1.807) is 19.1 Å². The number of alkyl halides is 2. The molecule has 3 heterocycles. The predicted molar refractivity (Wildman–Crippen MR) is 110 cm³/mol. The Morgan fingerprint density at radius 1 is 1.23 bits per heavy atom. The molecule has 0 aliphatic carbocycles. The molecule has 9 nitrogen and oxygen atoms in total. The van der Waals surface area contributed by atoms with Gasteiger partial charge in [0.05, 0.1) is 17.2 Å². The number of hydrogen-bond donors (Lipinski definition) is 1. The van der Waals surface area contributed by atoms with Gasteiger partial charge in [-0.2, -0.15) is 17.6 Å². The normalized spacial score (nSPS) is 17.5. The second kappa shape index (κ2) is 8.30. The van der Waals surface area contributed by atoms with Gasteiger partial charge in [-0.15, -0.1) is 5.10 Å². The summed E-state index contributed by atoms with van der Waals surface area (Å²) in [5.74, 6) is 0.428. The van der Waals surface area contributed by atoms with E-state index in [9.17, 15) is 22.3 Å². The fourth-order valence-corrected chi connectivity index (χ4v) is 5.70. The molecule has 1 aliphatic heterocycles. The van der Waals surface area contributed by atoms with E-state index >= 15 is 0 Å². The topological polar surface area (TPSA) is 100 Å². The zero-order valence-corrected chi connectivity index (χ0v) is 18.4. The molecule has 0 saturated carbocycles. The average molecular weight is 474 g/mol. The van der Waals surface area contributed by atoms with Gasteiger partial charge >= 0.3 is 6.61 Å². The largest absolute Gasteiger partial charge is 0.492 e. The smallest absolute Gasteiger partial charge is 0.387 e. The van der Waals surface area contributed by atoms with E-state index in [0.29, 0.717) is 34.3 Å². The maximum absolute atomic E-state index is 12.7. The van der Waals surface area contributed by atoms with Gasteiger partial charge in [-0.1, -0.05) is 23.5 Å². The number of aromatic hydroxyl groups is 1. The van der Waals surface area contributed by atoms with Gasteiger partial charge in [0.2, 0.25) is 20.9 Å². The molecule has 31 heavy (non-hydrogen) atoms. The summed E-state index contributed by atoms with van der Waals surface area (Å²) in [7, 11) is -3.32. The minimum absolute atomic E-state index is 0.00191. The first kappa shape index (κ1) is 21.9. The molecule has 0 unspecified atom stereocenters. The number of ether oxygens (including phenoxy) is 1. The highest BCUT2D eigenvalue weighted by Gasteiger charge is 2.33. The standard InChI is InChI=1S/C18H21F2N5O4S2/c1-11-21-18-25(22-11)16(26)15(30-18)14(12-4-3-5-13(10-12)29-17(19)20)23-6-8-24(9-7-23)31(2,27)28/h3-5,10,14,17,26H,6-9H2,1-2H3/t14-/m0/s1. The van der Waals surface area contributed by atoms with E-state index < -0.39 is 22.7 Å². The summed E-state index contributed by atoms with van der Waals surface area (Å²) in [6.07, 6.45) is 1.17. The van der Waals surface area contributed by atoms with Crippen molar-refractivity contribution in [3.8, 4) is 11.6 Å². The van der Waals surface area contributed by atoms with Crippen molar-refractivity contribution < 1.29 is 27.0 Å². The van der Waals surface area contributed by atoms with Crippen LogP contribution in [0.4, 0.5) is 8.78 Å². The number of rotatable bonds is 6. The van der Waals surface area contributed by atoms with Crippen LogP contribution in [0.15, 0.2) is 24.3 Å². The van der Waals surface area contributed by atoms with Gasteiger partial charge in [0, 0.05) is 26.2 Å². The van der Waals surface area contributed by atoms with E-state index in [2.05, 4.69) is 14.8 Å². The number of piperazine rings is 1. The van der Waals surface area contributed by atoms with Crippen molar-refractivity contribution in [3.63, 3.8) is 0 Å². The lowest BCUT2D eigenvalue weighted by atomic mass is 10.0. The Kier molecular flexibility index (Phi) is 5.85. The zero-order valence-electron chi connectivity index (χ0n) is 16.8. The summed E-state index contributed by atoms with van der Waals surface area (Å²) in [5.41, 5.74) is 0.627. The van der Waals surface area contributed by atoms with Crippen molar-refractivity contribution in [1.82, 2.24) is 23.8 Å². The average Bonchev–Trinajstić information content (AvgIpc) is 3.19. The number of hydrogen-bond acceptors (Lipinski definition) is 8. The Balaban J connectivity index is 1.74. The second-order valence-corrected chi connectivity index (χ2v) is 10.2. The molecule has 168 valence electrons. The molecule has 3 aromatic rings. The lowest BCUT2D eigenvalue weighted by molar-refractivity contribution is -0.0499.